The van der Waals surface area contributed by atoms with Crippen molar-refractivity contribution in [3.05, 3.63) is 65.3 Å². The second-order valence-corrected chi connectivity index (χ2v) is 8.02. The number of aromatic nitrogens is 2. The largest absolute Gasteiger partial charge is 0.491 e. The van der Waals surface area contributed by atoms with Crippen LogP contribution in [0, 0.1) is 13.8 Å². The molecule has 2 aromatic carbocycles. The summed E-state index contributed by atoms with van der Waals surface area (Å²) in [6, 6.07) is 14.5. The van der Waals surface area contributed by atoms with Gasteiger partial charge >= 0.3 is 0 Å². The first-order valence-electron chi connectivity index (χ1n) is 9.35. The van der Waals surface area contributed by atoms with Crippen LogP contribution in [0.3, 0.4) is 0 Å². The van der Waals surface area contributed by atoms with Gasteiger partial charge in [0.1, 0.15) is 22.7 Å². The van der Waals surface area contributed by atoms with Crippen LogP contribution in [0.5, 0.6) is 5.75 Å². The summed E-state index contributed by atoms with van der Waals surface area (Å²) in [5, 5.41) is 6.66. The predicted molar refractivity (Wildman–Crippen MR) is 125 cm³/mol. The third-order valence-electron chi connectivity index (χ3n) is 4.68. The van der Waals surface area contributed by atoms with Crippen LogP contribution in [0.15, 0.2) is 54.2 Å². The number of hydrogen-bond donors (Lipinski definition) is 1. The molecule has 0 fully saturated rings. The maximum absolute atomic E-state index is 5.72. The van der Waals surface area contributed by atoms with Crippen molar-refractivity contribution in [2.24, 2.45) is 0 Å². The molecule has 4 nitrogen and oxygen atoms in total. The van der Waals surface area contributed by atoms with Gasteiger partial charge < -0.3 is 10.1 Å². The van der Waals surface area contributed by atoms with Crippen LogP contribution < -0.4 is 10.1 Å². The molecule has 4 rings (SSSR count). The number of hydrogen-bond acceptors (Lipinski definition) is 5. The van der Waals surface area contributed by atoms with E-state index in [1.54, 1.807) is 17.7 Å². The van der Waals surface area contributed by atoms with Crippen LogP contribution in [0.2, 0.25) is 0 Å². The van der Waals surface area contributed by atoms with Crippen molar-refractivity contribution in [2.45, 2.75) is 33.8 Å². The number of ether oxygens (including phenoxy) is 1. The van der Waals surface area contributed by atoms with Gasteiger partial charge in [0.2, 0.25) is 0 Å². The molecule has 0 aliphatic carbocycles. The highest BCUT2D eigenvalue weighted by molar-refractivity contribution is 7.17. The Kier molecular flexibility index (Phi) is 6.40. The van der Waals surface area contributed by atoms with E-state index >= 15 is 0 Å². The zero-order chi connectivity index (χ0) is 19.7. The van der Waals surface area contributed by atoms with Gasteiger partial charge in [-0.05, 0) is 68.7 Å². The lowest BCUT2D eigenvalue weighted by Crippen LogP contribution is -2.05. The van der Waals surface area contributed by atoms with Crippen LogP contribution in [0.1, 0.15) is 25.0 Å². The molecule has 4 aromatic rings. The van der Waals surface area contributed by atoms with Crippen LogP contribution >= 0.6 is 23.7 Å². The Morgan fingerprint density at radius 1 is 0.966 bits per heavy atom. The van der Waals surface area contributed by atoms with Crippen LogP contribution in [-0.2, 0) is 0 Å². The van der Waals surface area contributed by atoms with Crippen molar-refractivity contribution < 1.29 is 4.74 Å². The van der Waals surface area contributed by atoms with Gasteiger partial charge in [0, 0.05) is 16.6 Å². The zero-order valence-corrected chi connectivity index (χ0v) is 18.5. The Balaban J connectivity index is 0.00000240. The molecule has 0 amide bonds. The van der Waals surface area contributed by atoms with Crippen molar-refractivity contribution in [2.75, 3.05) is 5.32 Å². The third kappa shape index (κ3) is 4.52. The number of halogens is 1. The van der Waals surface area contributed by atoms with E-state index in [2.05, 4.69) is 52.7 Å². The average Bonchev–Trinajstić information content (AvgIpc) is 3.10. The van der Waals surface area contributed by atoms with Gasteiger partial charge in [-0.2, -0.15) is 0 Å². The molecule has 0 saturated heterocycles. The summed E-state index contributed by atoms with van der Waals surface area (Å²) in [7, 11) is 0. The second kappa shape index (κ2) is 8.80. The lowest BCUT2D eigenvalue weighted by atomic mass is 10.0. The van der Waals surface area contributed by atoms with Gasteiger partial charge in [0.15, 0.2) is 0 Å². The molecular formula is C23H24ClN3OS. The van der Waals surface area contributed by atoms with Gasteiger partial charge in [0.05, 0.1) is 11.5 Å². The van der Waals surface area contributed by atoms with Crippen molar-refractivity contribution >= 4 is 45.5 Å². The summed E-state index contributed by atoms with van der Waals surface area (Å²) in [5.41, 5.74) is 5.89. The summed E-state index contributed by atoms with van der Waals surface area (Å²) in [5.74, 6) is 1.68. The normalized spacial score (nSPS) is 10.8. The molecule has 0 saturated carbocycles. The summed E-state index contributed by atoms with van der Waals surface area (Å²) < 4.78 is 5.72. The van der Waals surface area contributed by atoms with E-state index in [9.17, 15) is 0 Å². The van der Waals surface area contributed by atoms with Gasteiger partial charge in [-0.1, -0.05) is 18.2 Å². The number of anilines is 2. The molecular weight excluding hydrogens is 402 g/mol. The van der Waals surface area contributed by atoms with Crippen LogP contribution in [0.25, 0.3) is 21.3 Å². The molecule has 0 aliphatic rings. The van der Waals surface area contributed by atoms with Crippen molar-refractivity contribution in [3.63, 3.8) is 0 Å². The lowest BCUT2D eigenvalue weighted by Gasteiger charge is -2.12. The summed E-state index contributed by atoms with van der Waals surface area (Å²) in [4.78, 5) is 9.97. The van der Waals surface area contributed by atoms with Gasteiger partial charge in [-0.3, -0.25) is 0 Å². The van der Waals surface area contributed by atoms with E-state index < -0.39 is 0 Å². The summed E-state index contributed by atoms with van der Waals surface area (Å²) in [6.45, 7) is 8.32. The highest BCUT2D eigenvalue weighted by atomic mass is 35.5. The Morgan fingerprint density at radius 3 is 2.41 bits per heavy atom. The van der Waals surface area contributed by atoms with Crippen LogP contribution in [0.4, 0.5) is 11.5 Å². The second-order valence-electron chi connectivity index (χ2n) is 7.17. The molecule has 2 heterocycles. The van der Waals surface area contributed by atoms with Gasteiger partial charge in [0.25, 0.3) is 0 Å². The number of benzene rings is 2. The standard InChI is InChI=1S/C23H23N3OS.ClH/c1-14(2)27-19-9-7-18(8-10-19)26-22-21-20(12-28-23(21)25-13-24-22)17-6-5-15(3)16(4)11-17;/h5-14H,1-4H3,(H,24,25,26);1H. The fraction of sp³-hybridized carbons (Fsp3) is 0.217. The highest BCUT2D eigenvalue weighted by Crippen LogP contribution is 2.38. The van der Waals surface area contributed by atoms with E-state index in [0.29, 0.717) is 0 Å². The Bertz CT molecular complexity index is 1120. The predicted octanol–water partition coefficient (Wildman–Crippen LogP) is 6.93. The fourth-order valence-corrected chi connectivity index (χ4v) is 4.03. The lowest BCUT2D eigenvalue weighted by molar-refractivity contribution is 0.242. The van der Waals surface area contributed by atoms with E-state index in [1.807, 2.05) is 38.1 Å². The minimum Gasteiger partial charge on any atom is -0.491 e. The number of thiophene rings is 1. The molecule has 0 unspecified atom stereocenters. The van der Waals surface area contributed by atoms with Gasteiger partial charge in [-0.25, -0.2) is 9.97 Å². The number of rotatable bonds is 5. The maximum atomic E-state index is 5.72. The molecule has 0 atom stereocenters. The van der Waals surface area contributed by atoms with E-state index in [0.717, 1.165) is 33.0 Å². The number of nitrogens with zero attached hydrogens (tertiary/aromatic N) is 2. The minimum atomic E-state index is 0. The first-order valence-corrected chi connectivity index (χ1v) is 10.2. The first kappa shape index (κ1) is 21.1. The van der Waals surface area contributed by atoms with E-state index in [-0.39, 0.29) is 18.5 Å². The number of nitrogens with one attached hydrogen (secondary N) is 1. The highest BCUT2D eigenvalue weighted by Gasteiger charge is 2.14. The maximum Gasteiger partial charge on any atom is 0.143 e. The average molecular weight is 426 g/mol. The molecule has 0 radical (unpaired) electrons. The molecule has 6 heteroatoms. The van der Waals surface area contributed by atoms with Crippen molar-refractivity contribution in [1.82, 2.24) is 9.97 Å². The van der Waals surface area contributed by atoms with Gasteiger partial charge in [-0.15, -0.1) is 23.7 Å². The van der Waals surface area contributed by atoms with Crippen LogP contribution in [-0.4, -0.2) is 16.1 Å². The van der Waals surface area contributed by atoms with E-state index in [4.69, 9.17) is 4.74 Å². The molecule has 0 aliphatic heterocycles. The Hall–Kier alpha value is -2.63. The fourth-order valence-electron chi connectivity index (χ4n) is 3.12. The zero-order valence-electron chi connectivity index (χ0n) is 16.9. The van der Waals surface area contributed by atoms with E-state index in [1.165, 1.54) is 16.7 Å². The minimum absolute atomic E-state index is 0. The summed E-state index contributed by atoms with van der Waals surface area (Å²) >= 11 is 1.64. The smallest absolute Gasteiger partial charge is 0.143 e. The molecule has 0 bridgehead atoms. The molecule has 1 N–H and O–H groups in total. The number of fused-ring (bicyclic) bond motifs is 1. The summed E-state index contributed by atoms with van der Waals surface area (Å²) in [6.07, 6.45) is 1.77. The first-order chi connectivity index (χ1) is 13.5. The molecule has 0 spiro atoms. The molecule has 150 valence electrons. The molecule has 2 aromatic heterocycles. The number of aryl methyl sites for hydroxylation is 2. The Labute approximate surface area is 181 Å². The van der Waals surface area contributed by atoms with Crippen molar-refractivity contribution in [3.8, 4) is 16.9 Å². The monoisotopic (exact) mass is 425 g/mol. The van der Waals surface area contributed by atoms with Crippen molar-refractivity contribution in [1.29, 1.82) is 0 Å². The third-order valence-corrected chi connectivity index (χ3v) is 5.56. The SMILES string of the molecule is Cc1ccc(-c2csc3ncnc(Nc4ccc(OC(C)C)cc4)c23)cc1C.Cl. The topological polar surface area (TPSA) is 47.0 Å². The Morgan fingerprint density at radius 2 is 1.72 bits per heavy atom. The quantitative estimate of drug-likeness (QED) is 0.376. The molecule has 29 heavy (non-hydrogen) atoms.